The van der Waals surface area contributed by atoms with Crippen LogP contribution in [0.4, 0.5) is 5.69 Å². The first-order valence-electron chi connectivity index (χ1n) is 9.57. The molecule has 0 bridgehead atoms. The molecule has 160 valence electrons. The van der Waals surface area contributed by atoms with E-state index in [2.05, 4.69) is 16.2 Å². The molecule has 8 nitrogen and oxygen atoms in total. The summed E-state index contributed by atoms with van der Waals surface area (Å²) in [6.07, 6.45) is -0.0502. The summed E-state index contributed by atoms with van der Waals surface area (Å²) in [6.45, 7) is 4.83. The summed E-state index contributed by atoms with van der Waals surface area (Å²) in [5.74, 6) is -0.587. The van der Waals surface area contributed by atoms with Crippen LogP contribution in [0, 0.1) is 13.8 Å². The third-order valence-corrected chi connectivity index (χ3v) is 4.36. The summed E-state index contributed by atoms with van der Waals surface area (Å²) in [5.41, 5.74) is 7.89. The van der Waals surface area contributed by atoms with Gasteiger partial charge in [0.2, 0.25) is 11.8 Å². The Labute approximate surface area is 175 Å². The van der Waals surface area contributed by atoms with E-state index in [4.69, 9.17) is 9.47 Å². The van der Waals surface area contributed by atoms with Gasteiger partial charge in [-0.3, -0.25) is 25.2 Å². The highest BCUT2D eigenvalue weighted by Gasteiger charge is 2.10. The third kappa shape index (κ3) is 7.56. The topological polar surface area (TPSA) is 106 Å². The quantitative estimate of drug-likeness (QED) is 0.433. The standard InChI is InChI=1S/C22H27N3O5/c1-15-4-7-18(14-16(15)2)23-20(26)10-11-21(27)24-25-22(28)17-5-8-19(9-6-17)30-13-12-29-3/h4-9,14H,10-13H2,1-3H3,(H,23,26)(H,24,27)(H,25,28). The zero-order valence-electron chi connectivity index (χ0n) is 17.4. The molecule has 0 spiro atoms. The van der Waals surface area contributed by atoms with E-state index >= 15 is 0 Å². The average Bonchev–Trinajstić information content (AvgIpc) is 2.74. The number of rotatable bonds is 9. The van der Waals surface area contributed by atoms with E-state index in [9.17, 15) is 14.4 Å². The maximum absolute atomic E-state index is 12.1. The zero-order chi connectivity index (χ0) is 21.9. The Morgan fingerprint density at radius 2 is 1.53 bits per heavy atom. The Balaban J connectivity index is 1.71. The van der Waals surface area contributed by atoms with Gasteiger partial charge >= 0.3 is 0 Å². The first-order chi connectivity index (χ1) is 14.4. The summed E-state index contributed by atoms with van der Waals surface area (Å²) in [4.78, 5) is 36.0. The van der Waals surface area contributed by atoms with Crippen LogP contribution in [-0.2, 0) is 14.3 Å². The van der Waals surface area contributed by atoms with Crippen molar-refractivity contribution in [3.63, 3.8) is 0 Å². The second-order valence-corrected chi connectivity index (χ2v) is 6.72. The van der Waals surface area contributed by atoms with E-state index < -0.39 is 11.8 Å². The molecule has 2 aromatic rings. The number of hydrazine groups is 1. The number of aryl methyl sites for hydroxylation is 2. The van der Waals surface area contributed by atoms with Crippen LogP contribution in [0.5, 0.6) is 5.75 Å². The minimum Gasteiger partial charge on any atom is -0.491 e. The van der Waals surface area contributed by atoms with Crippen molar-refractivity contribution in [1.82, 2.24) is 10.9 Å². The molecule has 0 atom stereocenters. The van der Waals surface area contributed by atoms with Crippen LogP contribution in [0.3, 0.4) is 0 Å². The first-order valence-corrected chi connectivity index (χ1v) is 9.57. The van der Waals surface area contributed by atoms with Gasteiger partial charge in [0.1, 0.15) is 12.4 Å². The molecule has 0 saturated heterocycles. The summed E-state index contributed by atoms with van der Waals surface area (Å²) < 4.78 is 10.3. The molecule has 0 saturated carbocycles. The number of benzene rings is 2. The molecule has 2 aromatic carbocycles. The SMILES string of the molecule is COCCOc1ccc(C(=O)NNC(=O)CCC(=O)Nc2ccc(C)c(C)c2)cc1. The van der Waals surface area contributed by atoms with Crippen LogP contribution in [0.15, 0.2) is 42.5 Å². The maximum Gasteiger partial charge on any atom is 0.269 e. The highest BCUT2D eigenvalue weighted by atomic mass is 16.5. The van der Waals surface area contributed by atoms with Gasteiger partial charge in [-0.15, -0.1) is 0 Å². The van der Waals surface area contributed by atoms with Crippen molar-refractivity contribution in [3.8, 4) is 5.75 Å². The van der Waals surface area contributed by atoms with Crippen molar-refractivity contribution < 1.29 is 23.9 Å². The van der Waals surface area contributed by atoms with Gasteiger partial charge in [0.25, 0.3) is 5.91 Å². The summed E-state index contributed by atoms with van der Waals surface area (Å²) in [5, 5.41) is 2.75. The smallest absolute Gasteiger partial charge is 0.269 e. The Morgan fingerprint density at radius 1 is 0.833 bits per heavy atom. The Hall–Kier alpha value is -3.39. The fourth-order valence-corrected chi connectivity index (χ4v) is 2.48. The number of anilines is 1. The Bertz CT molecular complexity index is 881. The van der Waals surface area contributed by atoms with E-state index in [0.717, 1.165) is 11.1 Å². The third-order valence-electron chi connectivity index (χ3n) is 4.36. The Kier molecular flexibility index (Phi) is 8.83. The lowest BCUT2D eigenvalue weighted by Gasteiger charge is -2.09. The number of carbonyl (C=O) groups is 3. The molecule has 3 N–H and O–H groups in total. The molecule has 3 amide bonds. The number of carbonyl (C=O) groups excluding carboxylic acids is 3. The van der Waals surface area contributed by atoms with Crippen molar-refractivity contribution in [1.29, 1.82) is 0 Å². The Morgan fingerprint density at radius 3 is 2.20 bits per heavy atom. The molecule has 0 aliphatic rings. The van der Waals surface area contributed by atoms with Gasteiger partial charge in [0.15, 0.2) is 0 Å². The highest BCUT2D eigenvalue weighted by molar-refractivity contribution is 5.96. The van der Waals surface area contributed by atoms with Gasteiger partial charge in [0, 0.05) is 31.2 Å². The molecule has 0 fully saturated rings. The number of methoxy groups -OCH3 is 1. The molecule has 0 aliphatic carbocycles. The van der Waals surface area contributed by atoms with Crippen molar-refractivity contribution in [2.45, 2.75) is 26.7 Å². The molecule has 0 unspecified atom stereocenters. The van der Waals surface area contributed by atoms with E-state index in [1.165, 1.54) is 0 Å². The molecule has 0 aromatic heterocycles. The van der Waals surface area contributed by atoms with Gasteiger partial charge in [-0.1, -0.05) is 6.07 Å². The van der Waals surface area contributed by atoms with Gasteiger partial charge in [-0.05, 0) is 61.4 Å². The van der Waals surface area contributed by atoms with E-state index in [-0.39, 0.29) is 18.7 Å². The second-order valence-electron chi connectivity index (χ2n) is 6.72. The molecule has 0 aliphatic heterocycles. The second kappa shape index (κ2) is 11.6. The predicted molar refractivity (Wildman–Crippen MR) is 113 cm³/mol. The van der Waals surface area contributed by atoms with E-state index in [0.29, 0.717) is 30.2 Å². The molecule has 8 heteroatoms. The largest absolute Gasteiger partial charge is 0.491 e. The highest BCUT2D eigenvalue weighted by Crippen LogP contribution is 2.14. The maximum atomic E-state index is 12.1. The fourth-order valence-electron chi connectivity index (χ4n) is 2.48. The van der Waals surface area contributed by atoms with Crippen LogP contribution in [0.1, 0.15) is 34.3 Å². The lowest BCUT2D eigenvalue weighted by molar-refractivity contribution is -0.124. The number of amides is 3. The average molecular weight is 413 g/mol. The minimum atomic E-state index is -0.466. The van der Waals surface area contributed by atoms with Crippen molar-refractivity contribution in [3.05, 3.63) is 59.2 Å². The predicted octanol–water partition coefficient (Wildman–Crippen LogP) is 2.51. The van der Waals surface area contributed by atoms with Crippen LogP contribution < -0.4 is 20.9 Å². The summed E-state index contributed by atoms with van der Waals surface area (Å²) in [7, 11) is 1.59. The van der Waals surface area contributed by atoms with Crippen LogP contribution in [-0.4, -0.2) is 38.0 Å². The molecule has 2 rings (SSSR count). The van der Waals surface area contributed by atoms with Crippen molar-refractivity contribution in [2.24, 2.45) is 0 Å². The van der Waals surface area contributed by atoms with Crippen LogP contribution in [0.25, 0.3) is 0 Å². The molecular formula is C22H27N3O5. The number of hydrogen-bond donors (Lipinski definition) is 3. The lowest BCUT2D eigenvalue weighted by atomic mass is 10.1. The lowest BCUT2D eigenvalue weighted by Crippen LogP contribution is -2.41. The molecule has 0 radical (unpaired) electrons. The number of nitrogens with one attached hydrogen (secondary N) is 3. The molecule has 30 heavy (non-hydrogen) atoms. The van der Waals surface area contributed by atoms with E-state index in [1.54, 1.807) is 31.4 Å². The van der Waals surface area contributed by atoms with Gasteiger partial charge in [-0.2, -0.15) is 0 Å². The van der Waals surface area contributed by atoms with Crippen molar-refractivity contribution >= 4 is 23.4 Å². The minimum absolute atomic E-state index is 0.00212. The summed E-state index contributed by atoms with van der Waals surface area (Å²) in [6, 6.07) is 12.1. The fraction of sp³-hybridized carbons (Fsp3) is 0.318. The van der Waals surface area contributed by atoms with E-state index in [1.807, 2.05) is 32.0 Å². The molecule has 0 heterocycles. The van der Waals surface area contributed by atoms with Gasteiger partial charge < -0.3 is 14.8 Å². The molecular weight excluding hydrogens is 386 g/mol. The summed E-state index contributed by atoms with van der Waals surface area (Å²) >= 11 is 0. The van der Waals surface area contributed by atoms with Gasteiger partial charge in [-0.25, -0.2) is 0 Å². The first kappa shape index (κ1) is 22.9. The van der Waals surface area contributed by atoms with Crippen LogP contribution in [0.2, 0.25) is 0 Å². The number of hydrogen-bond acceptors (Lipinski definition) is 5. The zero-order valence-corrected chi connectivity index (χ0v) is 17.4. The van der Waals surface area contributed by atoms with Crippen LogP contribution >= 0.6 is 0 Å². The van der Waals surface area contributed by atoms with Gasteiger partial charge in [0.05, 0.1) is 6.61 Å². The normalized spacial score (nSPS) is 10.2. The number of ether oxygens (including phenoxy) is 2. The monoisotopic (exact) mass is 413 g/mol. The van der Waals surface area contributed by atoms with Crippen molar-refractivity contribution in [2.75, 3.05) is 25.6 Å².